The third kappa shape index (κ3) is 4.32. The summed E-state index contributed by atoms with van der Waals surface area (Å²) in [5.41, 5.74) is 8.47. The summed E-state index contributed by atoms with van der Waals surface area (Å²) in [5.74, 6) is 0.733. The Morgan fingerprint density at radius 2 is 1.54 bits per heavy atom. The molecule has 46 heavy (non-hydrogen) atoms. The van der Waals surface area contributed by atoms with Crippen molar-refractivity contribution in [3.05, 3.63) is 121 Å². The van der Waals surface area contributed by atoms with Crippen LogP contribution in [0.25, 0.3) is 27.6 Å². The molecule has 3 aliphatic heterocycles. The van der Waals surface area contributed by atoms with Gasteiger partial charge in [0.15, 0.2) is 27.9 Å². The van der Waals surface area contributed by atoms with E-state index < -0.39 is 9.84 Å². The van der Waals surface area contributed by atoms with Gasteiger partial charge >= 0.3 is 0 Å². The van der Waals surface area contributed by atoms with E-state index in [1.165, 1.54) is 22.5 Å². The zero-order valence-electron chi connectivity index (χ0n) is 26.7. The van der Waals surface area contributed by atoms with Crippen LogP contribution in [0.1, 0.15) is 37.5 Å². The van der Waals surface area contributed by atoms with Crippen LogP contribution in [0.2, 0.25) is 0 Å². The van der Waals surface area contributed by atoms with Crippen molar-refractivity contribution in [3.8, 4) is 5.82 Å². The monoisotopic (exact) mass is 806 g/mol. The molecule has 0 saturated carbocycles. The van der Waals surface area contributed by atoms with Crippen LogP contribution in [-0.4, -0.2) is 31.7 Å². The number of benzene rings is 4. The quantitative estimate of drug-likeness (QED) is 0.133. The molecule has 1 fully saturated rings. The number of rotatable bonds is 4. The van der Waals surface area contributed by atoms with Crippen molar-refractivity contribution < 1.29 is 29.5 Å². The molecule has 0 amide bonds. The van der Waals surface area contributed by atoms with E-state index in [1.54, 1.807) is 12.1 Å². The van der Waals surface area contributed by atoms with Gasteiger partial charge in [-0.25, -0.2) is 13.4 Å². The molecule has 8 heteroatoms. The topological polar surface area (TPSA) is 52.0 Å². The molecule has 4 aromatic carbocycles. The fraction of sp³-hybridized carbons (Fsp3) is 0.211. The number of fused-ring (bicyclic) bond motifs is 3. The zero-order chi connectivity index (χ0) is 31.5. The van der Waals surface area contributed by atoms with Crippen molar-refractivity contribution in [3.63, 3.8) is 0 Å². The summed E-state index contributed by atoms with van der Waals surface area (Å²) in [7, 11) is -1.74. The number of pyridine rings is 1. The van der Waals surface area contributed by atoms with E-state index in [0.717, 1.165) is 44.5 Å². The molecule has 0 spiro atoms. The standard InChI is InChI=1S/C38H35N4O2S.Pt/c1-25-18-35-36(19-26(25)2)42(23-41(35,6)24-42)28-10-9-11-29(21-28)45(43,44)30-14-15-32-31-12-7-8-13-33(31)40(34(32)22-30)37-20-27(16-17-39-37)38(3,4)5;/h7-20,23H,24H2,1-6H3;/q-1;/t41-,42+;/m0./s1. The Balaban J connectivity index is 0.00000338. The van der Waals surface area contributed by atoms with Crippen molar-refractivity contribution in [2.24, 2.45) is 0 Å². The maximum Gasteiger partial charge on any atom is 0.179 e. The molecule has 0 aliphatic carbocycles. The summed E-state index contributed by atoms with van der Waals surface area (Å²) >= 11 is 0. The van der Waals surface area contributed by atoms with Gasteiger partial charge in [0.2, 0.25) is 0 Å². The van der Waals surface area contributed by atoms with Crippen LogP contribution in [0.4, 0.5) is 17.1 Å². The summed E-state index contributed by atoms with van der Waals surface area (Å²) in [5, 5.41) is 1.95. The fourth-order valence-corrected chi connectivity index (χ4v) is 8.37. The molecule has 0 N–H and O–H groups in total. The molecule has 1 saturated heterocycles. The molecule has 2 atom stereocenters. The molecule has 2 aromatic heterocycles. The number of quaternary nitrogens is 2. The Bertz CT molecular complexity index is 2330. The number of hydrogen-bond acceptors (Lipinski definition) is 3. The summed E-state index contributed by atoms with van der Waals surface area (Å²) in [6.45, 7) is 13.9. The zero-order valence-corrected chi connectivity index (χ0v) is 29.8. The summed E-state index contributed by atoms with van der Waals surface area (Å²) in [4.78, 5) is 4.99. The van der Waals surface area contributed by atoms with Crippen LogP contribution in [0.15, 0.2) is 94.9 Å². The molecule has 2 bridgehead atoms. The first-order valence-corrected chi connectivity index (χ1v) is 16.7. The molecule has 5 heterocycles. The van der Waals surface area contributed by atoms with Gasteiger partial charge in [-0.1, -0.05) is 44.5 Å². The third-order valence-corrected chi connectivity index (χ3v) is 11.3. The number of aromatic nitrogens is 2. The normalized spacial score (nSPS) is 20.4. The third-order valence-electron chi connectivity index (χ3n) is 9.70. The van der Waals surface area contributed by atoms with Crippen LogP contribution in [-0.2, 0) is 36.3 Å². The summed E-state index contributed by atoms with van der Waals surface area (Å²) in [6.07, 6.45) is 1.82. The maximum absolute atomic E-state index is 14.3. The second kappa shape index (κ2) is 10.2. The second-order valence-corrected chi connectivity index (χ2v) is 15.7. The SMILES string of the molecule is Cc1cc2c(cc1C)[N@@+]1(C)[CH-][N@+]2(c2[c-]c(S(=O)(=O)c3[c-]c4c(cc3)c3ccccc3n4-c3cc(C(C)(C)C)ccn3)ccc2)C1.[Pt]. The Hall–Kier alpha value is -3.61. The van der Waals surface area contributed by atoms with Gasteiger partial charge in [0.25, 0.3) is 0 Å². The molecule has 9 rings (SSSR count). The first-order valence-electron chi connectivity index (χ1n) is 15.2. The number of nitrogens with zero attached hydrogens (tertiary/aromatic N) is 4. The Morgan fingerprint density at radius 3 is 2.28 bits per heavy atom. The number of aryl methyl sites for hydroxylation is 2. The number of para-hydroxylation sites is 1. The van der Waals surface area contributed by atoms with Gasteiger partial charge in [-0.2, -0.15) is 24.3 Å². The van der Waals surface area contributed by atoms with E-state index in [1.807, 2.05) is 53.2 Å². The van der Waals surface area contributed by atoms with E-state index in [0.29, 0.717) is 10.00 Å². The predicted octanol–water partition coefficient (Wildman–Crippen LogP) is 8.20. The Kier molecular flexibility index (Phi) is 6.87. The summed E-state index contributed by atoms with van der Waals surface area (Å²) in [6, 6.07) is 32.4. The molecular weight excluding hydrogens is 772 g/mol. The first kappa shape index (κ1) is 31.0. The van der Waals surface area contributed by atoms with Crippen molar-refractivity contribution >= 4 is 48.7 Å². The number of sulfone groups is 1. The molecular formula is C38H35N4O2PtS-. The Morgan fingerprint density at radius 1 is 0.848 bits per heavy atom. The van der Waals surface area contributed by atoms with Crippen LogP contribution in [0, 0.1) is 32.6 Å². The predicted molar refractivity (Wildman–Crippen MR) is 181 cm³/mol. The van der Waals surface area contributed by atoms with Crippen LogP contribution >= 0.6 is 0 Å². The molecule has 0 radical (unpaired) electrons. The minimum absolute atomic E-state index is 0. The van der Waals surface area contributed by atoms with Gasteiger partial charge in [-0.3, -0.25) is 0 Å². The van der Waals surface area contributed by atoms with Crippen LogP contribution in [0.3, 0.4) is 0 Å². The molecule has 0 unspecified atom stereocenters. The van der Waals surface area contributed by atoms with Gasteiger partial charge in [-0.15, -0.1) is 23.6 Å². The van der Waals surface area contributed by atoms with Crippen molar-refractivity contribution in [1.29, 1.82) is 0 Å². The van der Waals surface area contributed by atoms with E-state index in [9.17, 15) is 8.42 Å². The minimum atomic E-state index is -3.94. The molecule has 3 aliphatic rings. The molecule has 6 nitrogen and oxygen atoms in total. The van der Waals surface area contributed by atoms with Crippen molar-refractivity contribution in [2.45, 2.75) is 49.8 Å². The van der Waals surface area contributed by atoms with E-state index >= 15 is 0 Å². The van der Waals surface area contributed by atoms with Gasteiger partial charge < -0.3 is 13.5 Å². The molecule has 6 aromatic rings. The summed E-state index contributed by atoms with van der Waals surface area (Å²) < 4.78 is 31.9. The average molecular weight is 807 g/mol. The van der Waals surface area contributed by atoms with Crippen molar-refractivity contribution in [2.75, 3.05) is 13.7 Å². The van der Waals surface area contributed by atoms with Gasteiger partial charge in [0, 0.05) is 50.6 Å². The first-order chi connectivity index (χ1) is 21.3. The number of hydrogen-bond donors (Lipinski definition) is 0. The smallest absolute Gasteiger partial charge is 0.179 e. The van der Waals surface area contributed by atoms with Gasteiger partial charge in [-0.05, 0) is 69.3 Å². The van der Waals surface area contributed by atoms with E-state index in [4.69, 9.17) is 4.98 Å². The van der Waals surface area contributed by atoms with Crippen molar-refractivity contribution in [1.82, 2.24) is 18.5 Å². The minimum Gasteiger partial charge on any atom is -0.325 e. The van der Waals surface area contributed by atoms with Gasteiger partial charge in [0.1, 0.15) is 5.82 Å². The average Bonchev–Trinajstić information content (AvgIpc) is 3.55. The second-order valence-electron chi connectivity index (χ2n) is 13.8. The van der Waals surface area contributed by atoms with Gasteiger partial charge in [0.05, 0.1) is 13.7 Å². The Labute approximate surface area is 285 Å². The maximum atomic E-state index is 14.3. The fourth-order valence-electron chi connectivity index (χ4n) is 7.15. The van der Waals surface area contributed by atoms with Crippen LogP contribution in [0.5, 0.6) is 0 Å². The van der Waals surface area contributed by atoms with E-state index in [-0.39, 0.29) is 36.3 Å². The molecule has 236 valence electrons. The largest absolute Gasteiger partial charge is 0.325 e. The van der Waals surface area contributed by atoms with Crippen LogP contribution < -0.4 is 8.97 Å². The van der Waals surface area contributed by atoms with E-state index in [2.05, 4.69) is 84.7 Å².